The minimum absolute atomic E-state index is 0.419. The van der Waals surface area contributed by atoms with Gasteiger partial charge in [-0.2, -0.15) is 0 Å². The number of ether oxygens (including phenoxy) is 1. The quantitative estimate of drug-likeness (QED) is 0.821. The number of hydrogen-bond acceptors (Lipinski definition) is 2. The van der Waals surface area contributed by atoms with Gasteiger partial charge in [-0.1, -0.05) is 18.2 Å². The highest BCUT2D eigenvalue weighted by molar-refractivity contribution is 5.37. The van der Waals surface area contributed by atoms with E-state index in [9.17, 15) is 0 Å². The molecule has 0 aromatic heterocycles. The second kappa shape index (κ2) is 4.46. The molecule has 0 aliphatic carbocycles. The Hall–Kier alpha value is -1.02. The van der Waals surface area contributed by atoms with E-state index in [1.54, 1.807) is 0 Å². The van der Waals surface area contributed by atoms with Gasteiger partial charge in [0.2, 0.25) is 0 Å². The molecule has 2 aliphatic rings. The lowest BCUT2D eigenvalue weighted by Gasteiger charge is -2.25. The lowest BCUT2D eigenvalue weighted by atomic mass is 9.92. The molecule has 0 amide bonds. The fourth-order valence-electron chi connectivity index (χ4n) is 2.88. The Bertz CT molecular complexity index is 333. The molecule has 2 heterocycles. The monoisotopic (exact) mass is 217 g/mol. The van der Waals surface area contributed by atoms with E-state index in [1.807, 2.05) is 0 Å². The summed E-state index contributed by atoms with van der Waals surface area (Å²) in [5, 5.41) is 3.47. The maximum atomic E-state index is 5.98. The Morgan fingerprint density at radius 3 is 3.06 bits per heavy atom. The molecule has 1 saturated heterocycles. The number of nitrogens with one attached hydrogen (secondary N) is 1. The third-order valence-corrected chi connectivity index (χ3v) is 3.71. The van der Waals surface area contributed by atoms with Crippen LogP contribution in [0.1, 0.15) is 24.8 Å². The Balaban J connectivity index is 1.59. The van der Waals surface area contributed by atoms with Crippen molar-refractivity contribution in [2.24, 2.45) is 5.92 Å². The normalized spacial score (nSPS) is 28.5. The fraction of sp³-hybridized carbons (Fsp3) is 0.571. The average Bonchev–Trinajstić information content (AvgIpc) is 2.72. The number of hydrogen-bond donors (Lipinski definition) is 1. The lowest BCUT2D eigenvalue weighted by Crippen LogP contribution is -2.32. The van der Waals surface area contributed by atoms with Gasteiger partial charge in [-0.15, -0.1) is 0 Å². The molecule has 1 aromatic rings. The van der Waals surface area contributed by atoms with Gasteiger partial charge in [-0.05, 0) is 49.9 Å². The van der Waals surface area contributed by atoms with Crippen LogP contribution in [0.15, 0.2) is 24.3 Å². The zero-order chi connectivity index (χ0) is 10.8. The first-order chi connectivity index (χ1) is 7.92. The van der Waals surface area contributed by atoms with Crippen LogP contribution in [0.2, 0.25) is 0 Å². The Morgan fingerprint density at radius 2 is 2.25 bits per heavy atom. The van der Waals surface area contributed by atoms with Crippen LogP contribution in [0.25, 0.3) is 0 Å². The summed E-state index contributed by atoms with van der Waals surface area (Å²) in [4.78, 5) is 0. The maximum absolute atomic E-state index is 5.98. The largest absolute Gasteiger partial charge is 0.490 e. The molecule has 0 radical (unpaired) electrons. The summed E-state index contributed by atoms with van der Waals surface area (Å²) in [6.07, 6.45) is 5.42. The van der Waals surface area contributed by atoms with E-state index in [4.69, 9.17) is 4.74 Å². The third kappa shape index (κ3) is 2.07. The molecule has 0 bridgehead atoms. The predicted molar refractivity (Wildman–Crippen MR) is 64.8 cm³/mol. The van der Waals surface area contributed by atoms with Gasteiger partial charge in [0, 0.05) is 6.42 Å². The molecule has 2 nitrogen and oxygen atoms in total. The lowest BCUT2D eigenvalue weighted by molar-refractivity contribution is 0.180. The molecular formula is C14H19NO. The smallest absolute Gasteiger partial charge is 0.123 e. The van der Waals surface area contributed by atoms with Crippen molar-refractivity contribution in [3.63, 3.8) is 0 Å². The number of piperidine rings is 1. The summed E-state index contributed by atoms with van der Waals surface area (Å²) >= 11 is 0. The van der Waals surface area contributed by atoms with Crippen molar-refractivity contribution < 1.29 is 4.74 Å². The minimum Gasteiger partial charge on any atom is -0.490 e. The number of benzene rings is 1. The molecule has 2 unspecified atom stereocenters. The number of para-hydroxylation sites is 1. The van der Waals surface area contributed by atoms with Crippen LogP contribution >= 0.6 is 0 Å². The summed E-state index contributed by atoms with van der Waals surface area (Å²) in [5.74, 6) is 1.92. The van der Waals surface area contributed by atoms with Crippen LogP contribution in [0.4, 0.5) is 0 Å². The van der Waals surface area contributed by atoms with Crippen LogP contribution in [-0.2, 0) is 6.42 Å². The van der Waals surface area contributed by atoms with Gasteiger partial charge in [-0.3, -0.25) is 0 Å². The molecule has 3 rings (SSSR count). The molecule has 1 aromatic carbocycles. The van der Waals surface area contributed by atoms with Crippen molar-refractivity contribution in [1.82, 2.24) is 5.32 Å². The van der Waals surface area contributed by atoms with Crippen molar-refractivity contribution in [2.45, 2.75) is 31.8 Å². The highest BCUT2D eigenvalue weighted by atomic mass is 16.5. The zero-order valence-corrected chi connectivity index (χ0v) is 9.61. The van der Waals surface area contributed by atoms with Crippen LogP contribution in [0.3, 0.4) is 0 Å². The Morgan fingerprint density at radius 1 is 1.31 bits per heavy atom. The molecular weight excluding hydrogens is 198 g/mol. The van der Waals surface area contributed by atoms with E-state index in [0.29, 0.717) is 6.10 Å². The van der Waals surface area contributed by atoms with Crippen molar-refractivity contribution in [3.05, 3.63) is 29.8 Å². The SMILES string of the molecule is c1ccc2c(c1)CC(CC1CCCNC1)O2. The zero-order valence-electron chi connectivity index (χ0n) is 9.61. The minimum atomic E-state index is 0.419. The molecule has 16 heavy (non-hydrogen) atoms. The van der Waals surface area contributed by atoms with Gasteiger partial charge in [0.05, 0.1) is 0 Å². The van der Waals surface area contributed by atoms with Gasteiger partial charge in [0.1, 0.15) is 11.9 Å². The predicted octanol–water partition coefficient (Wildman–Crippen LogP) is 2.38. The van der Waals surface area contributed by atoms with E-state index in [1.165, 1.54) is 37.9 Å². The molecule has 86 valence electrons. The van der Waals surface area contributed by atoms with Crippen molar-refractivity contribution in [1.29, 1.82) is 0 Å². The molecule has 1 N–H and O–H groups in total. The maximum Gasteiger partial charge on any atom is 0.123 e. The second-order valence-corrected chi connectivity index (χ2v) is 5.00. The molecule has 2 atom stereocenters. The summed E-state index contributed by atoms with van der Waals surface area (Å²) in [5.41, 5.74) is 1.39. The van der Waals surface area contributed by atoms with Gasteiger partial charge in [-0.25, -0.2) is 0 Å². The van der Waals surface area contributed by atoms with E-state index < -0.39 is 0 Å². The Kier molecular flexibility index (Phi) is 2.83. The summed E-state index contributed by atoms with van der Waals surface area (Å²) in [6, 6.07) is 8.44. The van der Waals surface area contributed by atoms with Crippen LogP contribution in [-0.4, -0.2) is 19.2 Å². The molecule has 1 fully saturated rings. The first-order valence-corrected chi connectivity index (χ1v) is 6.37. The van der Waals surface area contributed by atoms with E-state index >= 15 is 0 Å². The van der Waals surface area contributed by atoms with Crippen molar-refractivity contribution in [2.75, 3.05) is 13.1 Å². The summed E-state index contributed by atoms with van der Waals surface area (Å²) in [6.45, 7) is 2.37. The van der Waals surface area contributed by atoms with Gasteiger partial charge >= 0.3 is 0 Å². The van der Waals surface area contributed by atoms with Crippen molar-refractivity contribution in [3.8, 4) is 5.75 Å². The molecule has 2 aliphatic heterocycles. The van der Waals surface area contributed by atoms with Crippen LogP contribution in [0, 0.1) is 5.92 Å². The third-order valence-electron chi connectivity index (χ3n) is 3.71. The Labute approximate surface area is 97.0 Å². The highest BCUT2D eigenvalue weighted by Gasteiger charge is 2.26. The molecule has 0 saturated carbocycles. The molecule has 0 spiro atoms. The first kappa shape index (κ1) is 10.2. The van der Waals surface area contributed by atoms with Gasteiger partial charge in [0.15, 0.2) is 0 Å². The number of fused-ring (bicyclic) bond motifs is 1. The summed E-state index contributed by atoms with van der Waals surface area (Å²) < 4.78 is 5.98. The standard InChI is InChI=1S/C14H19NO/c1-2-6-14-12(5-1)9-13(16-14)8-11-4-3-7-15-10-11/h1-2,5-6,11,13,15H,3-4,7-10H2. The van der Waals surface area contributed by atoms with E-state index in [2.05, 4.69) is 29.6 Å². The number of rotatable bonds is 2. The van der Waals surface area contributed by atoms with Crippen molar-refractivity contribution >= 4 is 0 Å². The molecule has 2 heteroatoms. The fourth-order valence-corrected chi connectivity index (χ4v) is 2.88. The summed E-state index contributed by atoms with van der Waals surface area (Å²) in [7, 11) is 0. The average molecular weight is 217 g/mol. The topological polar surface area (TPSA) is 21.3 Å². The highest BCUT2D eigenvalue weighted by Crippen LogP contribution is 2.31. The van der Waals surface area contributed by atoms with E-state index in [0.717, 1.165) is 18.1 Å². The van der Waals surface area contributed by atoms with E-state index in [-0.39, 0.29) is 0 Å². The van der Waals surface area contributed by atoms with Crippen LogP contribution in [0.5, 0.6) is 5.75 Å². The first-order valence-electron chi connectivity index (χ1n) is 6.37. The van der Waals surface area contributed by atoms with Gasteiger partial charge in [0.25, 0.3) is 0 Å². The van der Waals surface area contributed by atoms with Crippen LogP contribution < -0.4 is 10.1 Å². The van der Waals surface area contributed by atoms with Gasteiger partial charge < -0.3 is 10.1 Å². The second-order valence-electron chi connectivity index (χ2n) is 5.00.